The number of hydrogen-bond donors (Lipinski definition) is 1. The second-order valence-corrected chi connectivity index (χ2v) is 11.5. The van der Waals surface area contributed by atoms with E-state index in [1.165, 1.54) is 47.4 Å². The minimum atomic E-state index is -4.18. The molecule has 3 aromatic carbocycles. The van der Waals surface area contributed by atoms with E-state index >= 15 is 0 Å². The summed E-state index contributed by atoms with van der Waals surface area (Å²) in [5.74, 6) is -1.45. The normalized spacial score (nSPS) is 12.2. The number of nitrogens with one attached hydrogen (secondary N) is 1. The van der Waals surface area contributed by atoms with Crippen molar-refractivity contribution in [2.24, 2.45) is 0 Å². The number of halogens is 2. The van der Waals surface area contributed by atoms with Crippen LogP contribution in [0.15, 0.2) is 77.7 Å². The van der Waals surface area contributed by atoms with Crippen molar-refractivity contribution in [3.8, 4) is 0 Å². The van der Waals surface area contributed by atoms with Crippen LogP contribution in [0.3, 0.4) is 0 Å². The van der Waals surface area contributed by atoms with Gasteiger partial charge in [0.25, 0.3) is 10.0 Å². The molecule has 0 aliphatic carbocycles. The van der Waals surface area contributed by atoms with Gasteiger partial charge in [-0.05, 0) is 75.2 Å². The number of carbonyl (C=O) groups excluding carboxylic acids is 2. The molecule has 0 heterocycles. The van der Waals surface area contributed by atoms with Gasteiger partial charge in [-0.25, -0.2) is 12.8 Å². The van der Waals surface area contributed by atoms with Gasteiger partial charge in [-0.15, -0.1) is 0 Å². The van der Waals surface area contributed by atoms with Crippen LogP contribution in [-0.4, -0.2) is 43.8 Å². The molecule has 10 heteroatoms. The SMILES string of the molecule is Cc1ccc(N(CC(=O)N(Cc2ccc(F)cc2)C(C)C(=O)NC(C)C)S(=O)(=O)c2ccccc2)cc1Cl. The number of amides is 2. The van der Waals surface area contributed by atoms with Gasteiger partial charge in [0.15, 0.2) is 0 Å². The van der Waals surface area contributed by atoms with Crippen LogP contribution in [0, 0.1) is 12.7 Å². The lowest BCUT2D eigenvalue weighted by molar-refractivity contribution is -0.139. The second-order valence-electron chi connectivity index (χ2n) is 9.25. The van der Waals surface area contributed by atoms with E-state index in [1.54, 1.807) is 58.0 Å². The Hall–Kier alpha value is -3.43. The van der Waals surface area contributed by atoms with Crippen molar-refractivity contribution in [2.45, 2.75) is 51.2 Å². The van der Waals surface area contributed by atoms with E-state index in [-0.39, 0.29) is 23.2 Å². The quantitative estimate of drug-likeness (QED) is 0.382. The summed E-state index contributed by atoms with van der Waals surface area (Å²) < 4.78 is 41.9. The molecule has 3 aromatic rings. The van der Waals surface area contributed by atoms with Crippen LogP contribution in [0.2, 0.25) is 5.02 Å². The van der Waals surface area contributed by atoms with Crippen LogP contribution in [-0.2, 0) is 26.2 Å². The number of aryl methyl sites for hydroxylation is 1. The van der Waals surface area contributed by atoms with Gasteiger partial charge in [-0.3, -0.25) is 13.9 Å². The van der Waals surface area contributed by atoms with Gasteiger partial charge in [-0.2, -0.15) is 0 Å². The van der Waals surface area contributed by atoms with Gasteiger partial charge in [0, 0.05) is 17.6 Å². The van der Waals surface area contributed by atoms with Crippen LogP contribution in [0.1, 0.15) is 31.9 Å². The molecule has 0 aromatic heterocycles. The fourth-order valence-electron chi connectivity index (χ4n) is 3.76. The van der Waals surface area contributed by atoms with Crippen molar-refractivity contribution in [2.75, 3.05) is 10.8 Å². The topological polar surface area (TPSA) is 86.8 Å². The highest BCUT2D eigenvalue weighted by Crippen LogP contribution is 2.28. The zero-order valence-corrected chi connectivity index (χ0v) is 23.3. The highest BCUT2D eigenvalue weighted by atomic mass is 35.5. The Labute approximate surface area is 228 Å². The summed E-state index contributed by atoms with van der Waals surface area (Å²) in [4.78, 5) is 28.0. The van der Waals surface area contributed by atoms with Gasteiger partial charge in [0.05, 0.1) is 10.6 Å². The van der Waals surface area contributed by atoms with Gasteiger partial charge in [0.2, 0.25) is 11.8 Å². The van der Waals surface area contributed by atoms with Crippen LogP contribution >= 0.6 is 11.6 Å². The molecule has 2 amide bonds. The first-order chi connectivity index (χ1) is 17.9. The maximum absolute atomic E-state index is 13.8. The van der Waals surface area contributed by atoms with E-state index < -0.39 is 40.2 Å². The molecule has 0 saturated carbocycles. The van der Waals surface area contributed by atoms with Crippen molar-refractivity contribution in [3.63, 3.8) is 0 Å². The van der Waals surface area contributed by atoms with Gasteiger partial charge in [0.1, 0.15) is 18.4 Å². The third-order valence-electron chi connectivity index (χ3n) is 5.92. The van der Waals surface area contributed by atoms with E-state index in [2.05, 4.69) is 5.32 Å². The minimum absolute atomic E-state index is 0.000168. The molecule has 38 heavy (non-hydrogen) atoms. The summed E-state index contributed by atoms with van der Waals surface area (Å²) in [5.41, 5.74) is 1.54. The minimum Gasteiger partial charge on any atom is -0.352 e. The van der Waals surface area contributed by atoms with Crippen molar-refractivity contribution in [1.82, 2.24) is 10.2 Å². The van der Waals surface area contributed by atoms with Crippen molar-refractivity contribution in [1.29, 1.82) is 0 Å². The Morgan fingerprint density at radius 3 is 2.18 bits per heavy atom. The second kappa shape index (κ2) is 12.4. The summed E-state index contributed by atoms with van der Waals surface area (Å²) >= 11 is 6.31. The van der Waals surface area contributed by atoms with Crippen molar-refractivity contribution < 1.29 is 22.4 Å². The van der Waals surface area contributed by atoms with Crippen molar-refractivity contribution in [3.05, 3.63) is 94.8 Å². The Balaban J connectivity index is 2.04. The number of carbonyl (C=O) groups is 2. The largest absolute Gasteiger partial charge is 0.352 e. The van der Waals surface area contributed by atoms with Gasteiger partial charge in [-0.1, -0.05) is 48.0 Å². The molecule has 202 valence electrons. The fourth-order valence-corrected chi connectivity index (χ4v) is 5.36. The smallest absolute Gasteiger partial charge is 0.264 e. The first-order valence-electron chi connectivity index (χ1n) is 12.1. The lowest BCUT2D eigenvalue weighted by Crippen LogP contribution is -2.52. The standard InChI is InChI=1S/C28H31ClFN3O4S/c1-19(2)31-28(35)21(4)32(17-22-11-13-23(30)14-12-22)27(34)18-33(24-15-10-20(3)26(29)16-24)38(36,37)25-8-6-5-7-9-25/h5-16,19,21H,17-18H2,1-4H3,(H,31,35). The molecule has 7 nitrogen and oxygen atoms in total. The summed E-state index contributed by atoms with van der Waals surface area (Å²) in [6.07, 6.45) is 0. The Morgan fingerprint density at radius 2 is 1.61 bits per heavy atom. The lowest BCUT2D eigenvalue weighted by atomic mass is 10.1. The molecule has 0 aliphatic heterocycles. The summed E-state index contributed by atoms with van der Waals surface area (Å²) in [7, 11) is -4.18. The number of nitrogens with zero attached hydrogens (tertiary/aromatic N) is 2. The third-order valence-corrected chi connectivity index (χ3v) is 8.11. The van der Waals surface area contributed by atoms with E-state index in [9.17, 15) is 22.4 Å². The molecule has 0 spiro atoms. The monoisotopic (exact) mass is 559 g/mol. The number of rotatable bonds is 10. The van der Waals surface area contributed by atoms with Crippen molar-refractivity contribution >= 4 is 39.1 Å². The third kappa shape index (κ3) is 7.11. The molecule has 0 fully saturated rings. The first-order valence-corrected chi connectivity index (χ1v) is 13.9. The van der Waals surface area contributed by atoms with E-state index in [4.69, 9.17) is 11.6 Å². The predicted octanol–water partition coefficient (Wildman–Crippen LogP) is 4.92. The highest BCUT2D eigenvalue weighted by molar-refractivity contribution is 7.92. The lowest BCUT2D eigenvalue weighted by Gasteiger charge is -2.32. The van der Waals surface area contributed by atoms with E-state index in [0.717, 1.165) is 9.87 Å². The molecule has 0 aliphatic rings. The zero-order valence-electron chi connectivity index (χ0n) is 21.7. The first kappa shape index (κ1) is 29.1. The number of hydrogen-bond acceptors (Lipinski definition) is 4. The molecule has 1 N–H and O–H groups in total. The summed E-state index contributed by atoms with van der Waals surface area (Å²) in [6, 6.07) is 16.9. The zero-order chi connectivity index (χ0) is 28.0. The number of anilines is 1. The number of benzene rings is 3. The summed E-state index contributed by atoms with van der Waals surface area (Å²) in [5, 5.41) is 3.13. The molecule has 1 atom stereocenters. The van der Waals surface area contributed by atoms with Gasteiger partial charge >= 0.3 is 0 Å². The van der Waals surface area contributed by atoms with Crippen LogP contribution < -0.4 is 9.62 Å². The highest BCUT2D eigenvalue weighted by Gasteiger charge is 2.32. The molecular weight excluding hydrogens is 529 g/mol. The predicted molar refractivity (Wildman–Crippen MR) is 147 cm³/mol. The Bertz CT molecular complexity index is 1380. The maximum Gasteiger partial charge on any atom is 0.264 e. The number of sulfonamides is 1. The van der Waals surface area contributed by atoms with E-state index in [1.807, 2.05) is 0 Å². The average molecular weight is 560 g/mol. The molecule has 0 saturated heterocycles. The van der Waals surface area contributed by atoms with Gasteiger partial charge < -0.3 is 10.2 Å². The molecule has 0 radical (unpaired) electrons. The molecule has 0 bridgehead atoms. The van der Waals surface area contributed by atoms with Crippen LogP contribution in [0.25, 0.3) is 0 Å². The van der Waals surface area contributed by atoms with Crippen LogP contribution in [0.4, 0.5) is 10.1 Å². The van der Waals surface area contributed by atoms with E-state index in [0.29, 0.717) is 10.6 Å². The Kier molecular flexibility index (Phi) is 9.51. The van der Waals surface area contributed by atoms with Crippen LogP contribution in [0.5, 0.6) is 0 Å². The maximum atomic E-state index is 13.8. The molecular formula is C28H31ClFN3O4S. The molecule has 3 rings (SSSR count). The Morgan fingerprint density at radius 1 is 0.974 bits per heavy atom. The summed E-state index contributed by atoms with van der Waals surface area (Å²) in [6.45, 7) is 6.33. The fraction of sp³-hybridized carbons (Fsp3) is 0.286. The average Bonchev–Trinajstić information content (AvgIpc) is 2.88. The molecule has 1 unspecified atom stereocenters.